The van der Waals surface area contributed by atoms with E-state index in [1.54, 1.807) is 7.11 Å². The van der Waals surface area contributed by atoms with Crippen molar-refractivity contribution in [2.24, 2.45) is 0 Å². The van der Waals surface area contributed by atoms with Crippen LogP contribution in [0.5, 0.6) is 5.75 Å². The van der Waals surface area contributed by atoms with E-state index in [0.717, 1.165) is 32.6 Å². The first-order valence-corrected chi connectivity index (χ1v) is 6.78. The molecule has 0 aliphatic carbocycles. The molecule has 0 saturated heterocycles. The van der Waals surface area contributed by atoms with E-state index in [1.165, 1.54) is 5.56 Å². The Hall–Kier alpha value is -1.07. The van der Waals surface area contributed by atoms with E-state index in [2.05, 4.69) is 46.7 Å². The lowest BCUT2D eigenvalue weighted by molar-refractivity contribution is 0.412. The predicted molar refractivity (Wildman–Crippen MR) is 79.9 cm³/mol. The fourth-order valence-electron chi connectivity index (χ4n) is 2.13. The molecule has 2 rings (SSSR count). The second-order valence-corrected chi connectivity index (χ2v) is 5.45. The molecule has 5 heteroatoms. The van der Waals surface area contributed by atoms with E-state index in [4.69, 9.17) is 17.0 Å². The van der Waals surface area contributed by atoms with Gasteiger partial charge in [-0.05, 0) is 49.7 Å². The predicted octanol–water partition coefficient (Wildman–Crippen LogP) is 4.44. The molecule has 2 aromatic rings. The molecule has 0 aliphatic rings. The first-order chi connectivity index (χ1) is 8.47. The Morgan fingerprint density at radius 3 is 2.33 bits per heavy atom. The lowest BCUT2D eigenvalue weighted by atomic mass is 9.97. The normalized spacial score (nSPS) is 10.7. The van der Waals surface area contributed by atoms with E-state index < -0.39 is 0 Å². The number of hydrogen-bond donors (Lipinski definition) is 2. The molecular formula is C13H15BrN2OS. The molecule has 1 heterocycles. The van der Waals surface area contributed by atoms with Crippen LogP contribution >= 0.6 is 28.1 Å². The van der Waals surface area contributed by atoms with Crippen LogP contribution < -0.4 is 4.74 Å². The summed E-state index contributed by atoms with van der Waals surface area (Å²) in [6.07, 6.45) is 1.87. The second kappa shape index (κ2) is 4.90. The molecule has 2 N–H and O–H groups in total. The molecule has 0 unspecified atom stereocenters. The van der Waals surface area contributed by atoms with Gasteiger partial charge in [0.05, 0.1) is 12.8 Å². The summed E-state index contributed by atoms with van der Waals surface area (Å²) in [7, 11) is 1.69. The van der Waals surface area contributed by atoms with E-state index in [-0.39, 0.29) is 0 Å². The van der Waals surface area contributed by atoms with Crippen LogP contribution in [-0.4, -0.2) is 17.1 Å². The van der Waals surface area contributed by atoms with Gasteiger partial charge in [-0.25, -0.2) is 0 Å². The van der Waals surface area contributed by atoms with Gasteiger partial charge in [-0.15, -0.1) is 0 Å². The number of nitrogens with one attached hydrogen (secondary N) is 2. The van der Waals surface area contributed by atoms with Crippen molar-refractivity contribution in [1.29, 1.82) is 0 Å². The van der Waals surface area contributed by atoms with Crippen LogP contribution in [0.4, 0.5) is 0 Å². The molecular weight excluding hydrogens is 312 g/mol. The first-order valence-electron chi connectivity index (χ1n) is 5.58. The topological polar surface area (TPSA) is 40.8 Å². The molecule has 0 aliphatic heterocycles. The van der Waals surface area contributed by atoms with Crippen LogP contribution in [0.1, 0.15) is 16.7 Å². The number of hydrogen-bond acceptors (Lipinski definition) is 2. The van der Waals surface area contributed by atoms with Gasteiger partial charge in [0.15, 0.2) is 4.77 Å². The third-order valence-corrected chi connectivity index (χ3v) is 4.64. The van der Waals surface area contributed by atoms with Gasteiger partial charge in [0.1, 0.15) is 5.75 Å². The number of halogens is 1. The first kappa shape index (κ1) is 13.4. The summed E-state index contributed by atoms with van der Waals surface area (Å²) in [5, 5.41) is 0. The Morgan fingerprint density at radius 2 is 1.83 bits per heavy atom. The van der Waals surface area contributed by atoms with Gasteiger partial charge in [-0.1, -0.05) is 15.9 Å². The van der Waals surface area contributed by atoms with Crippen LogP contribution in [-0.2, 0) is 0 Å². The summed E-state index contributed by atoms with van der Waals surface area (Å²) in [5.41, 5.74) is 5.45. The van der Waals surface area contributed by atoms with Gasteiger partial charge in [-0.2, -0.15) is 0 Å². The molecule has 3 nitrogen and oxygen atoms in total. The minimum Gasteiger partial charge on any atom is -0.496 e. The lowest BCUT2D eigenvalue weighted by Gasteiger charge is -2.17. The summed E-state index contributed by atoms with van der Waals surface area (Å²) in [4.78, 5) is 6.13. The number of imidazole rings is 1. The van der Waals surface area contributed by atoms with Gasteiger partial charge < -0.3 is 14.7 Å². The Kier molecular flexibility index (Phi) is 3.64. The fraction of sp³-hybridized carbons (Fsp3) is 0.308. The highest BCUT2D eigenvalue weighted by Crippen LogP contribution is 2.41. The number of ether oxygens (including phenoxy) is 1. The summed E-state index contributed by atoms with van der Waals surface area (Å²) in [6, 6.07) is 0. The highest BCUT2D eigenvalue weighted by atomic mass is 79.9. The molecule has 1 aromatic heterocycles. The number of aromatic nitrogens is 2. The number of aromatic amines is 2. The zero-order chi connectivity index (χ0) is 13.4. The van der Waals surface area contributed by atoms with Crippen molar-refractivity contribution in [1.82, 2.24) is 9.97 Å². The molecule has 0 amide bonds. The monoisotopic (exact) mass is 326 g/mol. The van der Waals surface area contributed by atoms with E-state index in [1.807, 2.05) is 6.20 Å². The van der Waals surface area contributed by atoms with Gasteiger partial charge in [-0.3, -0.25) is 0 Å². The summed E-state index contributed by atoms with van der Waals surface area (Å²) in [6.45, 7) is 6.21. The standard InChI is InChI=1S/C13H15BrN2OS/c1-6-7(2)12(17-4)10(8(3)11(6)14)9-5-15-13(18)16-9/h5H,1-4H3,(H2,15,16,18). The van der Waals surface area contributed by atoms with Crippen molar-refractivity contribution in [3.05, 3.63) is 32.1 Å². The molecule has 96 valence electrons. The highest BCUT2D eigenvalue weighted by Gasteiger charge is 2.18. The van der Waals surface area contributed by atoms with Gasteiger partial charge in [0.25, 0.3) is 0 Å². The maximum atomic E-state index is 5.57. The van der Waals surface area contributed by atoms with Crippen molar-refractivity contribution >= 4 is 28.1 Å². The minimum absolute atomic E-state index is 0.612. The van der Waals surface area contributed by atoms with Crippen LogP contribution in [0.3, 0.4) is 0 Å². The van der Waals surface area contributed by atoms with Gasteiger partial charge >= 0.3 is 0 Å². The number of benzene rings is 1. The molecule has 0 saturated carbocycles. The quantitative estimate of drug-likeness (QED) is 0.801. The smallest absolute Gasteiger partial charge is 0.174 e. The third kappa shape index (κ3) is 2.01. The molecule has 1 aromatic carbocycles. The van der Waals surface area contributed by atoms with Crippen LogP contribution in [0.15, 0.2) is 10.7 Å². The molecule has 18 heavy (non-hydrogen) atoms. The van der Waals surface area contributed by atoms with E-state index >= 15 is 0 Å². The van der Waals surface area contributed by atoms with Crippen molar-refractivity contribution in [3.63, 3.8) is 0 Å². The lowest BCUT2D eigenvalue weighted by Crippen LogP contribution is -1.99. The van der Waals surface area contributed by atoms with Crippen LogP contribution in [0.25, 0.3) is 11.3 Å². The molecule has 0 radical (unpaired) electrons. The number of rotatable bonds is 2. The third-order valence-electron chi connectivity index (χ3n) is 3.23. The van der Waals surface area contributed by atoms with E-state index in [0.29, 0.717) is 4.77 Å². The summed E-state index contributed by atoms with van der Waals surface area (Å²) < 4.78 is 7.29. The van der Waals surface area contributed by atoms with Crippen molar-refractivity contribution in [2.75, 3.05) is 7.11 Å². The number of H-pyrrole nitrogens is 2. The Labute approximate surface area is 120 Å². The molecule has 0 fully saturated rings. The highest BCUT2D eigenvalue weighted by molar-refractivity contribution is 9.10. The largest absolute Gasteiger partial charge is 0.496 e. The zero-order valence-corrected chi connectivity index (χ0v) is 13.2. The molecule has 0 bridgehead atoms. The molecule has 0 atom stereocenters. The van der Waals surface area contributed by atoms with Crippen LogP contribution in [0.2, 0.25) is 0 Å². The Balaban J connectivity index is 2.85. The molecule has 0 spiro atoms. The average molecular weight is 327 g/mol. The summed E-state index contributed by atoms with van der Waals surface area (Å²) >= 11 is 8.73. The maximum Gasteiger partial charge on any atom is 0.174 e. The van der Waals surface area contributed by atoms with Crippen molar-refractivity contribution in [2.45, 2.75) is 20.8 Å². The van der Waals surface area contributed by atoms with Gasteiger partial charge in [0, 0.05) is 16.2 Å². The SMILES string of the molecule is COc1c(C)c(C)c(Br)c(C)c1-c1c[nH]c(=S)[nH]1. The van der Waals surface area contributed by atoms with Crippen molar-refractivity contribution in [3.8, 4) is 17.0 Å². The second-order valence-electron chi connectivity index (χ2n) is 4.25. The fourth-order valence-corrected chi connectivity index (χ4v) is 2.79. The van der Waals surface area contributed by atoms with Crippen molar-refractivity contribution < 1.29 is 4.74 Å². The Morgan fingerprint density at radius 1 is 1.17 bits per heavy atom. The maximum absolute atomic E-state index is 5.57. The van der Waals surface area contributed by atoms with E-state index in [9.17, 15) is 0 Å². The average Bonchev–Trinajstić information content (AvgIpc) is 2.77. The zero-order valence-electron chi connectivity index (χ0n) is 10.8. The minimum atomic E-state index is 0.612. The van der Waals surface area contributed by atoms with Crippen LogP contribution in [0, 0.1) is 25.5 Å². The summed E-state index contributed by atoms with van der Waals surface area (Å²) in [5.74, 6) is 0.887. The van der Waals surface area contributed by atoms with Gasteiger partial charge in [0.2, 0.25) is 0 Å². The Bertz CT molecular complexity index is 658. The number of methoxy groups -OCH3 is 1.